The van der Waals surface area contributed by atoms with Crippen LogP contribution < -0.4 is 20.9 Å². The minimum absolute atomic E-state index is 0.116. The van der Waals surface area contributed by atoms with E-state index in [0.29, 0.717) is 5.69 Å². The van der Waals surface area contributed by atoms with E-state index < -0.39 is 10.2 Å². The second-order valence-corrected chi connectivity index (χ2v) is 6.10. The van der Waals surface area contributed by atoms with Crippen molar-refractivity contribution in [2.24, 2.45) is 22.7 Å². The van der Waals surface area contributed by atoms with Gasteiger partial charge < -0.3 is 11.1 Å². The topological polar surface area (TPSA) is 127 Å². The van der Waals surface area contributed by atoms with E-state index in [9.17, 15) is 13.2 Å². The third-order valence-corrected chi connectivity index (χ3v) is 3.31. The highest BCUT2D eigenvalue weighted by molar-refractivity contribution is 7.90. The number of carbonyl (C=O) groups excluding carboxylic acids is 1. The molecule has 0 aliphatic carbocycles. The normalized spacial score (nSPS) is 13.1. The van der Waals surface area contributed by atoms with Crippen molar-refractivity contribution in [3.05, 3.63) is 24.3 Å². The van der Waals surface area contributed by atoms with E-state index in [1.54, 1.807) is 12.1 Å². The van der Waals surface area contributed by atoms with Gasteiger partial charge in [-0.3, -0.25) is 9.52 Å². The Kier molecular flexibility index (Phi) is 5.49. The molecule has 0 fully saturated rings. The molecule has 0 bridgehead atoms. The summed E-state index contributed by atoms with van der Waals surface area (Å²) in [7, 11) is -3.84. The van der Waals surface area contributed by atoms with Gasteiger partial charge in [0.25, 0.3) is 10.2 Å². The lowest BCUT2D eigenvalue weighted by atomic mass is 9.95. The maximum atomic E-state index is 12.0. The number of nitrogens with two attached hydrogens (primary N) is 2. The van der Waals surface area contributed by atoms with Crippen LogP contribution in [0.4, 0.5) is 11.4 Å². The number of anilines is 2. The molecule has 1 unspecified atom stereocenters. The summed E-state index contributed by atoms with van der Waals surface area (Å²) in [5.74, 6) is -0.383. The Labute approximate surface area is 118 Å². The van der Waals surface area contributed by atoms with Crippen LogP contribution in [0.2, 0.25) is 0 Å². The first kappa shape index (κ1) is 16.4. The predicted octanol–water partition coefficient (Wildman–Crippen LogP) is 0.471. The SMILES string of the molecule is CC(C)C(CN)C(=O)Nc1cccc(NS(N)(=O)=O)c1. The third kappa shape index (κ3) is 5.16. The van der Waals surface area contributed by atoms with Crippen LogP contribution in [0.1, 0.15) is 13.8 Å². The molecule has 0 aliphatic heterocycles. The molecule has 6 N–H and O–H groups in total. The van der Waals surface area contributed by atoms with Gasteiger partial charge in [0.1, 0.15) is 0 Å². The van der Waals surface area contributed by atoms with E-state index in [-0.39, 0.29) is 30.0 Å². The lowest BCUT2D eigenvalue weighted by molar-refractivity contribution is -0.120. The second kappa shape index (κ2) is 6.69. The summed E-state index contributed by atoms with van der Waals surface area (Å²) < 4.78 is 24.0. The van der Waals surface area contributed by atoms with Gasteiger partial charge in [-0.05, 0) is 24.1 Å². The molecule has 7 nitrogen and oxygen atoms in total. The molecule has 1 rings (SSSR count). The van der Waals surface area contributed by atoms with Crippen molar-refractivity contribution in [1.82, 2.24) is 0 Å². The number of benzene rings is 1. The second-order valence-electron chi connectivity index (χ2n) is 4.80. The average molecular weight is 300 g/mol. The van der Waals surface area contributed by atoms with Crippen LogP contribution in [-0.4, -0.2) is 20.9 Å². The van der Waals surface area contributed by atoms with Crippen molar-refractivity contribution in [2.75, 3.05) is 16.6 Å². The summed E-state index contributed by atoms with van der Waals surface area (Å²) >= 11 is 0. The van der Waals surface area contributed by atoms with E-state index in [4.69, 9.17) is 10.9 Å². The van der Waals surface area contributed by atoms with E-state index in [2.05, 4.69) is 10.0 Å². The lowest BCUT2D eigenvalue weighted by Gasteiger charge is -2.18. The largest absolute Gasteiger partial charge is 0.330 e. The number of hydrogen-bond acceptors (Lipinski definition) is 4. The zero-order valence-corrected chi connectivity index (χ0v) is 12.3. The Balaban J connectivity index is 2.83. The van der Waals surface area contributed by atoms with Crippen LogP contribution >= 0.6 is 0 Å². The van der Waals surface area contributed by atoms with Crippen molar-refractivity contribution in [1.29, 1.82) is 0 Å². The number of nitrogens with one attached hydrogen (secondary N) is 2. The lowest BCUT2D eigenvalue weighted by Crippen LogP contribution is -2.33. The Bertz CT molecular complexity index is 572. The summed E-state index contributed by atoms with van der Waals surface area (Å²) in [5.41, 5.74) is 6.32. The molecule has 0 aliphatic rings. The molecule has 1 amide bonds. The molecule has 1 aromatic carbocycles. The van der Waals surface area contributed by atoms with Gasteiger partial charge in [0.15, 0.2) is 0 Å². The van der Waals surface area contributed by atoms with Gasteiger partial charge in [-0.1, -0.05) is 19.9 Å². The van der Waals surface area contributed by atoms with Crippen LogP contribution in [0.5, 0.6) is 0 Å². The van der Waals surface area contributed by atoms with Gasteiger partial charge in [-0.15, -0.1) is 0 Å². The minimum atomic E-state index is -3.84. The van der Waals surface area contributed by atoms with E-state index in [1.807, 2.05) is 13.8 Å². The van der Waals surface area contributed by atoms with Gasteiger partial charge in [0, 0.05) is 12.2 Å². The Morgan fingerprint density at radius 2 is 1.90 bits per heavy atom. The first-order valence-electron chi connectivity index (χ1n) is 6.14. The van der Waals surface area contributed by atoms with Crippen molar-refractivity contribution in [3.63, 3.8) is 0 Å². The molecule has 0 saturated heterocycles. The van der Waals surface area contributed by atoms with E-state index in [1.165, 1.54) is 12.1 Å². The number of carbonyl (C=O) groups is 1. The van der Waals surface area contributed by atoms with Crippen molar-refractivity contribution >= 4 is 27.5 Å². The standard InChI is InChI=1S/C12H20N4O3S/c1-8(2)11(7-13)12(17)15-9-4-3-5-10(6-9)16-20(14,18)19/h3-6,8,11,16H,7,13H2,1-2H3,(H,15,17)(H2,14,18,19). The zero-order chi connectivity index (χ0) is 15.3. The smallest absolute Gasteiger partial charge is 0.296 e. The summed E-state index contributed by atoms with van der Waals surface area (Å²) in [6.07, 6.45) is 0. The molecule has 20 heavy (non-hydrogen) atoms. The van der Waals surface area contributed by atoms with Gasteiger partial charge in [0.2, 0.25) is 5.91 Å². The fourth-order valence-corrected chi connectivity index (χ4v) is 2.20. The summed E-state index contributed by atoms with van der Waals surface area (Å²) in [4.78, 5) is 12.0. The molecule has 8 heteroatoms. The molecule has 1 atom stereocenters. The van der Waals surface area contributed by atoms with Gasteiger partial charge in [-0.25, -0.2) is 5.14 Å². The third-order valence-electron chi connectivity index (χ3n) is 2.79. The highest BCUT2D eigenvalue weighted by Gasteiger charge is 2.20. The highest BCUT2D eigenvalue weighted by atomic mass is 32.2. The van der Waals surface area contributed by atoms with Crippen molar-refractivity contribution in [3.8, 4) is 0 Å². The van der Waals surface area contributed by atoms with Gasteiger partial charge >= 0.3 is 0 Å². The fraction of sp³-hybridized carbons (Fsp3) is 0.417. The first-order valence-corrected chi connectivity index (χ1v) is 7.69. The molecule has 0 radical (unpaired) electrons. The minimum Gasteiger partial charge on any atom is -0.330 e. The van der Waals surface area contributed by atoms with Crippen LogP contribution in [0.3, 0.4) is 0 Å². The van der Waals surface area contributed by atoms with Crippen LogP contribution in [0.25, 0.3) is 0 Å². The molecule has 0 saturated carbocycles. The number of amides is 1. The predicted molar refractivity (Wildman–Crippen MR) is 79.2 cm³/mol. The van der Waals surface area contributed by atoms with Gasteiger partial charge in [-0.2, -0.15) is 8.42 Å². The van der Waals surface area contributed by atoms with Crippen LogP contribution in [-0.2, 0) is 15.0 Å². The molecule has 0 aromatic heterocycles. The van der Waals surface area contributed by atoms with Crippen molar-refractivity contribution < 1.29 is 13.2 Å². The van der Waals surface area contributed by atoms with E-state index >= 15 is 0 Å². The maximum absolute atomic E-state index is 12.0. The fourth-order valence-electron chi connectivity index (χ4n) is 1.74. The summed E-state index contributed by atoms with van der Waals surface area (Å²) in [5, 5.41) is 7.59. The molecule has 0 spiro atoms. The summed E-state index contributed by atoms with van der Waals surface area (Å²) in [6.45, 7) is 4.07. The number of rotatable bonds is 6. The van der Waals surface area contributed by atoms with Crippen molar-refractivity contribution in [2.45, 2.75) is 13.8 Å². The molecule has 1 aromatic rings. The molecule has 112 valence electrons. The monoisotopic (exact) mass is 300 g/mol. The average Bonchev–Trinajstić information content (AvgIpc) is 2.27. The maximum Gasteiger partial charge on any atom is 0.296 e. The van der Waals surface area contributed by atoms with E-state index in [0.717, 1.165) is 0 Å². The van der Waals surface area contributed by atoms with Crippen LogP contribution in [0, 0.1) is 11.8 Å². The molecular formula is C12H20N4O3S. The molecule has 0 heterocycles. The Morgan fingerprint density at radius 1 is 1.30 bits per heavy atom. The number of hydrogen-bond donors (Lipinski definition) is 4. The van der Waals surface area contributed by atoms with Crippen LogP contribution in [0.15, 0.2) is 24.3 Å². The quantitative estimate of drug-likeness (QED) is 0.609. The van der Waals surface area contributed by atoms with Gasteiger partial charge in [0.05, 0.1) is 11.6 Å². The Morgan fingerprint density at radius 3 is 2.40 bits per heavy atom. The molecular weight excluding hydrogens is 280 g/mol. The Hall–Kier alpha value is -1.64. The first-order chi connectivity index (χ1) is 9.23. The summed E-state index contributed by atoms with van der Waals surface area (Å²) in [6, 6.07) is 6.27. The zero-order valence-electron chi connectivity index (χ0n) is 11.5. The highest BCUT2D eigenvalue weighted by Crippen LogP contribution is 2.18.